The summed E-state index contributed by atoms with van der Waals surface area (Å²) < 4.78 is 5.15. The van der Waals surface area contributed by atoms with Gasteiger partial charge < -0.3 is 14.9 Å². The number of thioether (sulfide) groups is 1. The molecule has 0 radical (unpaired) electrons. The van der Waals surface area contributed by atoms with Crippen LogP contribution in [0.4, 0.5) is 0 Å². The van der Waals surface area contributed by atoms with Gasteiger partial charge >= 0.3 is 0 Å². The minimum Gasteiger partial charge on any atom is -0.496 e. The highest BCUT2D eigenvalue weighted by Gasteiger charge is 2.22. The number of hydrogen-bond acceptors (Lipinski definition) is 6. The number of hydrogen-bond donors (Lipinski definition) is 2. The van der Waals surface area contributed by atoms with Gasteiger partial charge in [-0.05, 0) is 31.5 Å². The number of aliphatic hydroxyl groups is 2. The molecule has 0 aromatic heterocycles. The van der Waals surface area contributed by atoms with Crippen molar-refractivity contribution in [1.29, 1.82) is 0 Å². The maximum absolute atomic E-state index is 11.4. The summed E-state index contributed by atoms with van der Waals surface area (Å²) in [7, 11) is 1.46. The number of carbonyl (C=O) groups is 2. The van der Waals surface area contributed by atoms with Gasteiger partial charge in [0.15, 0.2) is 10.9 Å². The first kappa shape index (κ1) is 17.7. The Kier molecular flexibility index (Phi) is 6.87. The maximum Gasteiger partial charge on any atom is 0.185 e. The fourth-order valence-electron chi connectivity index (χ4n) is 1.87. The molecule has 1 aromatic rings. The van der Waals surface area contributed by atoms with E-state index in [1.54, 1.807) is 12.1 Å². The van der Waals surface area contributed by atoms with E-state index in [0.29, 0.717) is 22.6 Å². The van der Waals surface area contributed by atoms with Crippen LogP contribution in [0, 0.1) is 0 Å². The summed E-state index contributed by atoms with van der Waals surface area (Å²) in [6.45, 7) is 2.88. The van der Waals surface area contributed by atoms with E-state index >= 15 is 0 Å². The zero-order chi connectivity index (χ0) is 16.0. The average molecular weight is 312 g/mol. The van der Waals surface area contributed by atoms with Gasteiger partial charge in [0.1, 0.15) is 11.9 Å². The van der Waals surface area contributed by atoms with Crippen molar-refractivity contribution in [3.63, 3.8) is 0 Å². The van der Waals surface area contributed by atoms with E-state index in [2.05, 4.69) is 0 Å². The molecule has 0 saturated carbocycles. The van der Waals surface area contributed by atoms with Gasteiger partial charge in [0.05, 0.1) is 13.2 Å². The molecule has 2 atom stereocenters. The first-order valence-electron chi connectivity index (χ1n) is 6.55. The lowest BCUT2D eigenvalue weighted by Gasteiger charge is -2.20. The zero-order valence-corrected chi connectivity index (χ0v) is 13.1. The van der Waals surface area contributed by atoms with Crippen molar-refractivity contribution in [2.75, 3.05) is 12.9 Å². The van der Waals surface area contributed by atoms with Gasteiger partial charge in [-0.2, -0.15) is 0 Å². The van der Waals surface area contributed by atoms with Gasteiger partial charge in [-0.1, -0.05) is 11.8 Å². The summed E-state index contributed by atoms with van der Waals surface area (Å²) in [5, 5.41) is 20.2. The van der Waals surface area contributed by atoms with E-state index in [4.69, 9.17) is 4.74 Å². The van der Waals surface area contributed by atoms with Crippen molar-refractivity contribution in [2.24, 2.45) is 0 Å². The SMILES string of the molecule is COc1ccc(C(C)=O)cc1C(O)C(O)CCSC(C)=O. The number of benzene rings is 1. The van der Waals surface area contributed by atoms with Crippen LogP contribution in [0.15, 0.2) is 18.2 Å². The van der Waals surface area contributed by atoms with Gasteiger partial charge in [0.2, 0.25) is 0 Å². The second-order valence-electron chi connectivity index (χ2n) is 4.65. The Bertz CT molecular complexity index is 515. The lowest BCUT2D eigenvalue weighted by molar-refractivity contribution is -0.109. The molecule has 0 amide bonds. The molecule has 1 aromatic carbocycles. The molecular formula is C15H20O5S. The monoisotopic (exact) mass is 312 g/mol. The number of carbonyl (C=O) groups excluding carboxylic acids is 2. The second kappa shape index (κ2) is 8.17. The van der Waals surface area contributed by atoms with Crippen molar-refractivity contribution >= 4 is 22.7 Å². The molecule has 2 unspecified atom stereocenters. The average Bonchev–Trinajstić information content (AvgIpc) is 2.45. The van der Waals surface area contributed by atoms with Crippen molar-refractivity contribution in [3.05, 3.63) is 29.3 Å². The van der Waals surface area contributed by atoms with Gasteiger partial charge in [-0.3, -0.25) is 9.59 Å². The number of ether oxygens (including phenoxy) is 1. The highest BCUT2D eigenvalue weighted by atomic mass is 32.2. The van der Waals surface area contributed by atoms with Crippen molar-refractivity contribution in [1.82, 2.24) is 0 Å². The van der Waals surface area contributed by atoms with Gasteiger partial charge in [0.25, 0.3) is 0 Å². The fourth-order valence-corrected chi connectivity index (χ4v) is 2.52. The molecule has 6 heteroatoms. The van der Waals surface area contributed by atoms with E-state index in [-0.39, 0.29) is 17.3 Å². The first-order chi connectivity index (χ1) is 9.86. The minimum absolute atomic E-state index is 0.0344. The second-order valence-corrected chi connectivity index (χ2v) is 5.93. The molecule has 0 spiro atoms. The molecule has 0 heterocycles. The number of rotatable bonds is 7. The standard InChI is InChI=1S/C15H20O5S/c1-9(16)11-4-5-14(20-3)12(8-11)15(19)13(18)6-7-21-10(2)17/h4-5,8,13,15,18-19H,6-7H2,1-3H3. The third kappa shape index (κ3) is 5.15. The van der Waals surface area contributed by atoms with Gasteiger partial charge in [-0.15, -0.1) is 0 Å². The minimum atomic E-state index is -1.17. The van der Waals surface area contributed by atoms with Crippen LogP contribution in [0.5, 0.6) is 5.75 Å². The highest BCUT2D eigenvalue weighted by molar-refractivity contribution is 8.13. The molecule has 5 nitrogen and oxygen atoms in total. The Morgan fingerprint density at radius 2 is 1.95 bits per heavy atom. The van der Waals surface area contributed by atoms with Crippen LogP contribution in [0.1, 0.15) is 42.3 Å². The molecule has 21 heavy (non-hydrogen) atoms. The van der Waals surface area contributed by atoms with Crippen molar-refractivity contribution in [3.8, 4) is 5.75 Å². The molecule has 0 saturated heterocycles. The molecular weight excluding hydrogens is 292 g/mol. The summed E-state index contributed by atoms with van der Waals surface area (Å²) in [6.07, 6.45) is -1.95. The lowest BCUT2D eigenvalue weighted by atomic mass is 9.98. The number of ketones is 1. The Morgan fingerprint density at radius 1 is 1.29 bits per heavy atom. The third-order valence-corrected chi connectivity index (χ3v) is 3.88. The van der Waals surface area contributed by atoms with Crippen LogP contribution in [0.25, 0.3) is 0 Å². The number of Topliss-reactive ketones (excluding diaryl/α,β-unsaturated/α-hetero) is 1. The molecule has 0 aliphatic heterocycles. The zero-order valence-electron chi connectivity index (χ0n) is 12.3. The Balaban J connectivity index is 2.88. The van der Waals surface area contributed by atoms with Crippen molar-refractivity contribution < 1.29 is 24.5 Å². The van der Waals surface area contributed by atoms with Crippen molar-refractivity contribution in [2.45, 2.75) is 32.5 Å². The van der Waals surface area contributed by atoms with Crippen LogP contribution < -0.4 is 4.74 Å². The Hall–Kier alpha value is -1.37. The molecule has 0 aliphatic rings. The maximum atomic E-state index is 11.4. The van der Waals surface area contributed by atoms with E-state index in [1.165, 1.54) is 27.0 Å². The molecule has 2 N–H and O–H groups in total. The summed E-state index contributed by atoms with van der Waals surface area (Å²) in [6, 6.07) is 4.72. The largest absolute Gasteiger partial charge is 0.496 e. The van der Waals surface area contributed by atoms with Crippen LogP contribution >= 0.6 is 11.8 Å². The smallest absolute Gasteiger partial charge is 0.185 e. The summed E-state index contributed by atoms with van der Waals surface area (Å²) >= 11 is 1.09. The van der Waals surface area contributed by atoms with Crippen LogP contribution in [-0.2, 0) is 4.79 Å². The molecule has 0 fully saturated rings. The summed E-state index contributed by atoms with van der Waals surface area (Å²) in [5.41, 5.74) is 0.806. The van der Waals surface area contributed by atoms with E-state index < -0.39 is 12.2 Å². The quantitative estimate of drug-likeness (QED) is 0.749. The van der Waals surface area contributed by atoms with Crippen LogP contribution in [-0.4, -0.2) is 40.1 Å². The van der Waals surface area contributed by atoms with E-state index in [1.807, 2.05) is 0 Å². The summed E-state index contributed by atoms with van der Waals surface area (Å²) in [4.78, 5) is 22.3. The lowest BCUT2D eigenvalue weighted by Crippen LogP contribution is -2.20. The predicted octanol–water partition coefficient (Wildman–Crippen LogP) is 1.96. The number of methoxy groups -OCH3 is 1. The molecule has 0 bridgehead atoms. The summed E-state index contributed by atoms with van der Waals surface area (Å²) in [5.74, 6) is 0.695. The van der Waals surface area contributed by atoms with Gasteiger partial charge in [-0.25, -0.2) is 0 Å². The Morgan fingerprint density at radius 3 is 2.48 bits per heavy atom. The molecule has 1 rings (SSSR count). The molecule has 0 aliphatic carbocycles. The first-order valence-corrected chi connectivity index (χ1v) is 7.53. The van der Waals surface area contributed by atoms with E-state index in [9.17, 15) is 19.8 Å². The molecule has 116 valence electrons. The number of aliphatic hydroxyl groups excluding tert-OH is 2. The topological polar surface area (TPSA) is 83.8 Å². The predicted molar refractivity (Wildman–Crippen MR) is 81.7 cm³/mol. The third-order valence-electron chi connectivity index (χ3n) is 3.04. The van der Waals surface area contributed by atoms with Crippen LogP contribution in [0.3, 0.4) is 0 Å². The van der Waals surface area contributed by atoms with E-state index in [0.717, 1.165) is 11.8 Å². The normalized spacial score (nSPS) is 13.6. The highest BCUT2D eigenvalue weighted by Crippen LogP contribution is 2.30. The van der Waals surface area contributed by atoms with Crippen LogP contribution in [0.2, 0.25) is 0 Å². The fraction of sp³-hybridized carbons (Fsp3) is 0.467. The van der Waals surface area contributed by atoms with Gasteiger partial charge in [0, 0.05) is 23.8 Å². The Labute approximate surface area is 128 Å².